The first kappa shape index (κ1) is 15.8. The lowest BCUT2D eigenvalue weighted by molar-refractivity contribution is 0.00695. The van der Waals surface area contributed by atoms with E-state index < -0.39 is 5.60 Å². The standard InChI is InChI=1S/C16H25N3O2/c1-12-11-13(15(20)21-16(2,3)4)5-6-14(12)18-19-9-7-17-8-10-19/h5-6,11,17-18H,7-10H2,1-4H3. The average Bonchev–Trinajstić information content (AvgIpc) is 2.40. The first-order valence-electron chi connectivity index (χ1n) is 7.41. The number of esters is 1. The van der Waals surface area contributed by atoms with E-state index in [9.17, 15) is 4.79 Å². The summed E-state index contributed by atoms with van der Waals surface area (Å²) in [5.41, 5.74) is 5.60. The van der Waals surface area contributed by atoms with Gasteiger partial charge in [0.05, 0.1) is 11.3 Å². The van der Waals surface area contributed by atoms with E-state index in [2.05, 4.69) is 15.8 Å². The van der Waals surface area contributed by atoms with E-state index in [0.29, 0.717) is 5.56 Å². The van der Waals surface area contributed by atoms with Crippen LogP contribution >= 0.6 is 0 Å². The molecular weight excluding hydrogens is 266 g/mol. The molecule has 1 heterocycles. The molecule has 0 radical (unpaired) electrons. The molecule has 0 spiro atoms. The number of hydrogen-bond acceptors (Lipinski definition) is 5. The second kappa shape index (κ2) is 6.45. The van der Waals surface area contributed by atoms with Gasteiger partial charge in [0, 0.05) is 26.2 Å². The van der Waals surface area contributed by atoms with Crippen molar-refractivity contribution >= 4 is 11.7 Å². The number of ether oxygens (including phenoxy) is 1. The number of hydrogen-bond donors (Lipinski definition) is 2. The maximum absolute atomic E-state index is 12.1. The van der Waals surface area contributed by atoms with Crippen LogP contribution in [0.5, 0.6) is 0 Å². The molecule has 2 N–H and O–H groups in total. The number of anilines is 1. The number of nitrogens with zero attached hydrogens (tertiary/aromatic N) is 1. The Labute approximate surface area is 126 Å². The van der Waals surface area contributed by atoms with Crippen LogP contribution in [0.15, 0.2) is 18.2 Å². The fraction of sp³-hybridized carbons (Fsp3) is 0.562. The van der Waals surface area contributed by atoms with Crippen molar-refractivity contribution in [2.45, 2.75) is 33.3 Å². The van der Waals surface area contributed by atoms with Crippen LogP contribution in [-0.4, -0.2) is 42.8 Å². The van der Waals surface area contributed by atoms with Gasteiger partial charge in [-0.05, 0) is 51.5 Å². The van der Waals surface area contributed by atoms with Crippen LogP contribution in [0.3, 0.4) is 0 Å². The van der Waals surface area contributed by atoms with Crippen molar-refractivity contribution in [3.8, 4) is 0 Å². The Hall–Kier alpha value is -1.59. The van der Waals surface area contributed by atoms with Crippen molar-refractivity contribution in [2.75, 3.05) is 31.6 Å². The van der Waals surface area contributed by atoms with E-state index in [1.54, 1.807) is 0 Å². The highest BCUT2D eigenvalue weighted by molar-refractivity contribution is 5.90. The quantitative estimate of drug-likeness (QED) is 0.836. The Kier molecular flexibility index (Phi) is 4.85. The van der Waals surface area contributed by atoms with E-state index in [1.165, 1.54) is 0 Å². The van der Waals surface area contributed by atoms with Gasteiger partial charge < -0.3 is 15.5 Å². The second-order valence-electron chi connectivity index (χ2n) is 6.38. The minimum absolute atomic E-state index is 0.278. The third-order valence-electron chi connectivity index (χ3n) is 3.26. The van der Waals surface area contributed by atoms with Gasteiger partial charge in [0.2, 0.25) is 0 Å². The highest BCUT2D eigenvalue weighted by Gasteiger charge is 2.18. The minimum Gasteiger partial charge on any atom is -0.456 e. The minimum atomic E-state index is -0.470. The SMILES string of the molecule is Cc1cc(C(=O)OC(C)(C)C)ccc1NN1CCNCC1. The predicted octanol–water partition coefficient (Wildman–Crippen LogP) is 2.18. The van der Waals surface area contributed by atoms with Crippen LogP contribution in [0.2, 0.25) is 0 Å². The zero-order valence-corrected chi connectivity index (χ0v) is 13.3. The van der Waals surface area contributed by atoms with Gasteiger partial charge in [0.25, 0.3) is 0 Å². The number of nitrogens with one attached hydrogen (secondary N) is 2. The number of piperazine rings is 1. The highest BCUT2D eigenvalue weighted by atomic mass is 16.6. The number of aryl methyl sites for hydroxylation is 1. The molecule has 0 aliphatic carbocycles. The molecule has 116 valence electrons. The first-order valence-corrected chi connectivity index (χ1v) is 7.41. The summed E-state index contributed by atoms with van der Waals surface area (Å²) in [6, 6.07) is 5.63. The normalized spacial score (nSPS) is 16.6. The van der Waals surface area contributed by atoms with E-state index in [4.69, 9.17) is 4.74 Å². The molecule has 0 aromatic heterocycles. The van der Waals surface area contributed by atoms with Gasteiger partial charge in [-0.15, -0.1) is 0 Å². The van der Waals surface area contributed by atoms with Crippen LogP contribution in [0, 0.1) is 6.92 Å². The smallest absolute Gasteiger partial charge is 0.338 e. The maximum Gasteiger partial charge on any atom is 0.338 e. The van der Waals surface area contributed by atoms with Crippen LogP contribution in [-0.2, 0) is 4.74 Å². The van der Waals surface area contributed by atoms with Crippen LogP contribution < -0.4 is 10.7 Å². The molecule has 5 heteroatoms. The van der Waals surface area contributed by atoms with Gasteiger partial charge in [-0.2, -0.15) is 0 Å². The Morgan fingerprint density at radius 3 is 2.52 bits per heavy atom. The first-order chi connectivity index (χ1) is 9.85. The number of hydrazine groups is 1. The Bertz CT molecular complexity index is 503. The third-order valence-corrected chi connectivity index (χ3v) is 3.26. The molecule has 2 rings (SSSR count). The summed E-state index contributed by atoms with van der Waals surface area (Å²) >= 11 is 0. The zero-order chi connectivity index (χ0) is 15.5. The Morgan fingerprint density at radius 2 is 1.95 bits per heavy atom. The van der Waals surface area contributed by atoms with Gasteiger partial charge >= 0.3 is 5.97 Å². The van der Waals surface area contributed by atoms with Crippen molar-refractivity contribution in [2.24, 2.45) is 0 Å². The highest BCUT2D eigenvalue weighted by Crippen LogP contribution is 2.19. The zero-order valence-electron chi connectivity index (χ0n) is 13.3. The summed E-state index contributed by atoms with van der Waals surface area (Å²) in [6.07, 6.45) is 0. The fourth-order valence-electron chi connectivity index (χ4n) is 2.20. The molecule has 1 aliphatic rings. The third kappa shape index (κ3) is 4.72. The van der Waals surface area contributed by atoms with Gasteiger partial charge in [0.15, 0.2) is 0 Å². The summed E-state index contributed by atoms with van der Waals surface area (Å²) in [4.78, 5) is 12.1. The van der Waals surface area contributed by atoms with Crippen LogP contribution in [0.1, 0.15) is 36.7 Å². The number of benzene rings is 1. The van der Waals surface area contributed by atoms with Gasteiger partial charge in [-0.25, -0.2) is 9.80 Å². The van der Waals surface area contributed by atoms with E-state index in [1.807, 2.05) is 45.9 Å². The lowest BCUT2D eigenvalue weighted by atomic mass is 10.1. The summed E-state index contributed by atoms with van der Waals surface area (Å²) in [6.45, 7) is 11.5. The van der Waals surface area contributed by atoms with Crippen LogP contribution in [0.25, 0.3) is 0 Å². The molecule has 1 aromatic carbocycles. The summed E-state index contributed by atoms with van der Waals surface area (Å²) in [5.74, 6) is -0.278. The van der Waals surface area contributed by atoms with Gasteiger partial charge in [-0.1, -0.05) is 0 Å². The van der Waals surface area contributed by atoms with Crippen LogP contribution in [0.4, 0.5) is 5.69 Å². The molecule has 1 fully saturated rings. The lowest BCUT2D eigenvalue weighted by Gasteiger charge is -2.29. The van der Waals surface area contributed by atoms with Crippen molar-refractivity contribution in [3.05, 3.63) is 29.3 Å². The molecule has 5 nitrogen and oxygen atoms in total. The molecule has 1 aromatic rings. The van der Waals surface area contributed by atoms with E-state index in [0.717, 1.165) is 37.4 Å². The molecule has 0 atom stereocenters. The maximum atomic E-state index is 12.1. The van der Waals surface area contributed by atoms with Gasteiger partial charge in [-0.3, -0.25) is 0 Å². The van der Waals surface area contributed by atoms with Crippen molar-refractivity contribution in [1.29, 1.82) is 0 Å². The lowest BCUT2D eigenvalue weighted by Crippen LogP contribution is -2.46. The second-order valence-corrected chi connectivity index (χ2v) is 6.38. The Balaban J connectivity index is 2.04. The molecule has 1 aliphatic heterocycles. The molecule has 1 saturated heterocycles. The van der Waals surface area contributed by atoms with Gasteiger partial charge in [0.1, 0.15) is 5.60 Å². The average molecular weight is 291 g/mol. The Morgan fingerprint density at radius 1 is 1.29 bits per heavy atom. The number of carbonyl (C=O) groups excluding carboxylic acids is 1. The van der Waals surface area contributed by atoms with E-state index >= 15 is 0 Å². The summed E-state index contributed by atoms with van der Waals surface area (Å²) in [7, 11) is 0. The largest absolute Gasteiger partial charge is 0.456 e. The van der Waals surface area contributed by atoms with Crippen molar-refractivity contribution < 1.29 is 9.53 Å². The predicted molar refractivity (Wildman–Crippen MR) is 84.4 cm³/mol. The van der Waals surface area contributed by atoms with Crippen molar-refractivity contribution in [3.63, 3.8) is 0 Å². The summed E-state index contributed by atoms with van der Waals surface area (Å²) < 4.78 is 5.39. The monoisotopic (exact) mass is 291 g/mol. The molecular formula is C16H25N3O2. The molecule has 21 heavy (non-hydrogen) atoms. The number of rotatable bonds is 3. The number of carbonyl (C=O) groups is 1. The van der Waals surface area contributed by atoms with E-state index in [-0.39, 0.29) is 5.97 Å². The molecule has 0 amide bonds. The topological polar surface area (TPSA) is 53.6 Å². The summed E-state index contributed by atoms with van der Waals surface area (Å²) in [5, 5.41) is 5.50. The molecule has 0 saturated carbocycles. The molecule has 0 unspecified atom stereocenters. The van der Waals surface area contributed by atoms with Crippen molar-refractivity contribution in [1.82, 2.24) is 10.3 Å². The molecule has 0 bridgehead atoms. The fourth-order valence-corrected chi connectivity index (χ4v) is 2.20.